The lowest BCUT2D eigenvalue weighted by molar-refractivity contribution is 0.102. The summed E-state index contributed by atoms with van der Waals surface area (Å²) < 4.78 is 44.8. The van der Waals surface area contributed by atoms with Crippen LogP contribution in [0.2, 0.25) is 0 Å². The number of anilines is 1. The van der Waals surface area contributed by atoms with Crippen molar-refractivity contribution >= 4 is 11.6 Å². The topological polar surface area (TPSA) is 55.1 Å². The molecule has 116 valence electrons. The fraction of sp³-hybridized carbons (Fsp3) is 0. The molecule has 2 aromatic carbocycles. The molecule has 1 N–H and O–H groups in total. The van der Waals surface area contributed by atoms with E-state index < -0.39 is 23.4 Å². The van der Waals surface area contributed by atoms with Gasteiger partial charge < -0.3 is 9.84 Å². The quantitative estimate of drug-likeness (QED) is 0.794. The van der Waals surface area contributed by atoms with Crippen LogP contribution < -0.4 is 5.32 Å². The van der Waals surface area contributed by atoms with Crippen molar-refractivity contribution in [2.45, 2.75) is 0 Å². The molecule has 0 unspecified atom stereocenters. The van der Waals surface area contributed by atoms with Crippen LogP contribution in [-0.4, -0.2) is 11.1 Å². The van der Waals surface area contributed by atoms with E-state index in [-0.39, 0.29) is 22.6 Å². The van der Waals surface area contributed by atoms with Gasteiger partial charge in [0.25, 0.3) is 5.91 Å². The van der Waals surface area contributed by atoms with Gasteiger partial charge in [-0.2, -0.15) is 0 Å². The maximum atomic E-state index is 13.6. The Morgan fingerprint density at radius 3 is 2.52 bits per heavy atom. The predicted molar refractivity (Wildman–Crippen MR) is 76.2 cm³/mol. The SMILES string of the molecule is O=C(Nc1ccccc1F)c1cnoc1-c1ccc(F)c(F)c1. The summed E-state index contributed by atoms with van der Waals surface area (Å²) in [5.41, 5.74) is 0.0919. The maximum Gasteiger partial charge on any atom is 0.261 e. The summed E-state index contributed by atoms with van der Waals surface area (Å²) in [5.74, 6) is -3.44. The molecule has 0 spiro atoms. The molecule has 0 atom stereocenters. The largest absolute Gasteiger partial charge is 0.355 e. The second kappa shape index (κ2) is 5.96. The van der Waals surface area contributed by atoms with E-state index in [0.717, 1.165) is 18.3 Å². The van der Waals surface area contributed by atoms with E-state index in [1.165, 1.54) is 24.3 Å². The van der Waals surface area contributed by atoms with Crippen molar-refractivity contribution in [2.75, 3.05) is 5.32 Å². The van der Waals surface area contributed by atoms with Crippen molar-refractivity contribution in [3.05, 3.63) is 71.7 Å². The van der Waals surface area contributed by atoms with Gasteiger partial charge in [-0.3, -0.25) is 4.79 Å². The van der Waals surface area contributed by atoms with Gasteiger partial charge in [-0.15, -0.1) is 0 Å². The molecular weight excluding hydrogens is 309 g/mol. The highest BCUT2D eigenvalue weighted by Gasteiger charge is 2.20. The lowest BCUT2D eigenvalue weighted by Gasteiger charge is -2.06. The van der Waals surface area contributed by atoms with Gasteiger partial charge in [-0.05, 0) is 30.3 Å². The summed E-state index contributed by atoms with van der Waals surface area (Å²) in [6, 6.07) is 8.66. The third kappa shape index (κ3) is 2.94. The number of benzene rings is 2. The normalized spacial score (nSPS) is 10.6. The van der Waals surface area contributed by atoms with Gasteiger partial charge in [0.05, 0.1) is 11.9 Å². The van der Waals surface area contributed by atoms with Crippen molar-refractivity contribution in [3.63, 3.8) is 0 Å². The second-order valence-electron chi connectivity index (χ2n) is 4.63. The fourth-order valence-corrected chi connectivity index (χ4v) is 2.00. The smallest absolute Gasteiger partial charge is 0.261 e. The number of amides is 1. The number of para-hydroxylation sites is 1. The number of hydrogen-bond acceptors (Lipinski definition) is 3. The number of rotatable bonds is 3. The van der Waals surface area contributed by atoms with Crippen molar-refractivity contribution in [1.29, 1.82) is 0 Å². The van der Waals surface area contributed by atoms with Crippen LogP contribution in [0, 0.1) is 17.5 Å². The highest BCUT2D eigenvalue weighted by molar-refractivity contribution is 6.07. The molecule has 0 aliphatic heterocycles. The van der Waals surface area contributed by atoms with E-state index in [1.54, 1.807) is 6.07 Å². The average Bonchev–Trinajstić information content (AvgIpc) is 3.02. The minimum absolute atomic E-state index is 0.0186. The van der Waals surface area contributed by atoms with Crippen molar-refractivity contribution in [3.8, 4) is 11.3 Å². The molecule has 1 heterocycles. The zero-order valence-corrected chi connectivity index (χ0v) is 11.5. The van der Waals surface area contributed by atoms with Crippen LogP contribution in [0.5, 0.6) is 0 Å². The molecule has 23 heavy (non-hydrogen) atoms. The highest BCUT2D eigenvalue weighted by Crippen LogP contribution is 2.26. The molecule has 0 saturated carbocycles. The Hall–Kier alpha value is -3.09. The number of hydrogen-bond donors (Lipinski definition) is 1. The molecule has 0 radical (unpaired) electrons. The van der Waals surface area contributed by atoms with E-state index in [4.69, 9.17) is 4.52 Å². The molecule has 7 heteroatoms. The van der Waals surface area contributed by atoms with Crippen LogP contribution in [0.4, 0.5) is 18.9 Å². The number of carbonyl (C=O) groups excluding carboxylic acids is 1. The molecule has 0 fully saturated rings. The number of nitrogens with one attached hydrogen (secondary N) is 1. The van der Waals surface area contributed by atoms with Crippen molar-refractivity contribution < 1.29 is 22.5 Å². The van der Waals surface area contributed by atoms with Crippen LogP contribution in [0.1, 0.15) is 10.4 Å². The summed E-state index contributed by atoms with van der Waals surface area (Å²) in [7, 11) is 0. The van der Waals surface area contributed by atoms with Crippen molar-refractivity contribution in [1.82, 2.24) is 5.16 Å². The van der Waals surface area contributed by atoms with Gasteiger partial charge >= 0.3 is 0 Å². The molecule has 4 nitrogen and oxygen atoms in total. The van der Waals surface area contributed by atoms with Gasteiger partial charge in [0.1, 0.15) is 11.4 Å². The van der Waals surface area contributed by atoms with E-state index in [1.807, 2.05) is 0 Å². The van der Waals surface area contributed by atoms with Crippen LogP contribution in [-0.2, 0) is 0 Å². The van der Waals surface area contributed by atoms with E-state index in [9.17, 15) is 18.0 Å². The maximum absolute atomic E-state index is 13.6. The zero-order valence-electron chi connectivity index (χ0n) is 11.5. The predicted octanol–water partition coefficient (Wildman–Crippen LogP) is 4.01. The van der Waals surface area contributed by atoms with Gasteiger partial charge in [-0.25, -0.2) is 13.2 Å². The summed E-state index contributed by atoms with van der Waals surface area (Å²) >= 11 is 0. The van der Waals surface area contributed by atoms with Crippen LogP contribution in [0.25, 0.3) is 11.3 Å². The molecule has 0 aliphatic carbocycles. The Bertz CT molecular complexity index is 877. The zero-order chi connectivity index (χ0) is 16.4. The lowest BCUT2D eigenvalue weighted by atomic mass is 10.1. The molecule has 3 rings (SSSR count). The average molecular weight is 318 g/mol. The van der Waals surface area contributed by atoms with Gasteiger partial charge in [0.2, 0.25) is 0 Å². The third-order valence-electron chi connectivity index (χ3n) is 3.12. The first kappa shape index (κ1) is 14.8. The summed E-state index contributed by atoms with van der Waals surface area (Å²) in [5, 5.41) is 5.86. The molecule has 3 aromatic rings. The Balaban J connectivity index is 1.93. The Labute approximate surface area is 128 Å². The number of halogens is 3. The monoisotopic (exact) mass is 318 g/mol. The Morgan fingerprint density at radius 1 is 1.00 bits per heavy atom. The first-order valence-corrected chi connectivity index (χ1v) is 6.52. The second-order valence-corrected chi connectivity index (χ2v) is 4.63. The summed E-state index contributed by atoms with van der Waals surface area (Å²) in [6.07, 6.45) is 1.12. The lowest BCUT2D eigenvalue weighted by Crippen LogP contribution is -2.13. The molecule has 0 aliphatic rings. The van der Waals surface area contributed by atoms with Gasteiger partial charge in [-0.1, -0.05) is 17.3 Å². The number of nitrogens with zero attached hydrogens (tertiary/aromatic N) is 1. The van der Waals surface area contributed by atoms with Gasteiger partial charge in [0, 0.05) is 5.56 Å². The van der Waals surface area contributed by atoms with Crippen LogP contribution >= 0.6 is 0 Å². The molecule has 0 saturated heterocycles. The first-order valence-electron chi connectivity index (χ1n) is 6.52. The molecule has 1 aromatic heterocycles. The van der Waals surface area contributed by atoms with E-state index in [0.29, 0.717) is 0 Å². The molecular formula is C16H9F3N2O2. The minimum Gasteiger partial charge on any atom is -0.355 e. The highest BCUT2D eigenvalue weighted by atomic mass is 19.2. The fourth-order valence-electron chi connectivity index (χ4n) is 2.00. The Morgan fingerprint density at radius 2 is 1.78 bits per heavy atom. The Kier molecular flexibility index (Phi) is 3.84. The summed E-state index contributed by atoms with van der Waals surface area (Å²) in [4.78, 5) is 12.2. The minimum atomic E-state index is -1.08. The first-order chi connectivity index (χ1) is 11.1. The standard InChI is InChI=1S/C16H9F3N2O2/c17-11-6-5-9(7-13(11)19)15-10(8-20-23-15)16(22)21-14-4-2-1-3-12(14)18/h1-8H,(H,21,22). The molecule has 0 bridgehead atoms. The van der Waals surface area contributed by atoms with Gasteiger partial charge in [0.15, 0.2) is 17.4 Å². The molecule has 1 amide bonds. The van der Waals surface area contributed by atoms with Crippen LogP contribution in [0.3, 0.4) is 0 Å². The third-order valence-corrected chi connectivity index (χ3v) is 3.12. The summed E-state index contributed by atoms with van der Waals surface area (Å²) in [6.45, 7) is 0. The van der Waals surface area contributed by atoms with Crippen LogP contribution in [0.15, 0.2) is 53.2 Å². The van der Waals surface area contributed by atoms with E-state index >= 15 is 0 Å². The number of carbonyl (C=O) groups is 1. The van der Waals surface area contributed by atoms with E-state index in [2.05, 4.69) is 10.5 Å². The number of aromatic nitrogens is 1. The van der Waals surface area contributed by atoms with Crippen molar-refractivity contribution in [2.24, 2.45) is 0 Å².